The van der Waals surface area contributed by atoms with E-state index in [2.05, 4.69) is 9.50 Å². The van der Waals surface area contributed by atoms with Crippen LogP contribution in [-0.2, 0) is 40.8 Å². The molecular formula is C16H20Cl3NO6S. The van der Waals surface area contributed by atoms with Gasteiger partial charge in [-0.25, -0.2) is 4.79 Å². The first kappa shape index (κ1) is 24.0. The van der Waals surface area contributed by atoms with Crippen molar-refractivity contribution in [2.24, 2.45) is 0 Å². The quantitative estimate of drug-likeness (QED) is 0.345. The molecule has 0 radical (unpaired) electrons. The molecule has 0 unspecified atom stereocenters. The molecule has 0 saturated carbocycles. The van der Waals surface area contributed by atoms with E-state index in [1.807, 2.05) is 0 Å². The van der Waals surface area contributed by atoms with E-state index >= 15 is 0 Å². The number of benzene rings is 1. The van der Waals surface area contributed by atoms with E-state index in [9.17, 15) is 18.0 Å². The second kappa shape index (κ2) is 10.5. The summed E-state index contributed by atoms with van der Waals surface area (Å²) in [5.74, 6) is -1.30. The maximum Gasteiger partial charge on any atom is 0.328 e. The van der Waals surface area contributed by atoms with Crippen molar-refractivity contribution in [1.29, 1.82) is 0 Å². The monoisotopic (exact) mass is 459 g/mol. The molecule has 0 spiro atoms. The molecule has 7 nitrogen and oxygen atoms in total. The van der Waals surface area contributed by atoms with Gasteiger partial charge in [-0.1, -0.05) is 59.1 Å². The number of alkyl halides is 3. The van der Waals surface area contributed by atoms with Gasteiger partial charge in [0, 0.05) is 13.3 Å². The van der Waals surface area contributed by atoms with Gasteiger partial charge in [0.2, 0.25) is 9.70 Å². The number of hydrogen-bond donors (Lipinski definition) is 1. The first-order valence-electron chi connectivity index (χ1n) is 7.87. The Bertz CT molecular complexity index is 746. The Kier molecular flexibility index (Phi) is 9.30. The highest BCUT2D eigenvalue weighted by atomic mass is 35.6. The third-order valence-electron chi connectivity index (χ3n) is 3.16. The van der Waals surface area contributed by atoms with Crippen LogP contribution in [0.1, 0.15) is 25.0 Å². The van der Waals surface area contributed by atoms with Crippen molar-refractivity contribution in [3.63, 3.8) is 0 Å². The predicted molar refractivity (Wildman–Crippen MR) is 103 cm³/mol. The second-order valence-electron chi connectivity index (χ2n) is 5.61. The molecule has 152 valence electrons. The Morgan fingerprint density at radius 1 is 1.15 bits per heavy atom. The molecule has 11 heteroatoms. The van der Waals surface area contributed by atoms with Crippen LogP contribution in [0.15, 0.2) is 24.3 Å². The van der Waals surface area contributed by atoms with Gasteiger partial charge in [-0.05, 0) is 18.1 Å². The van der Waals surface area contributed by atoms with Gasteiger partial charge in [0.05, 0.1) is 6.61 Å². The van der Waals surface area contributed by atoms with Crippen molar-refractivity contribution in [3.8, 4) is 0 Å². The lowest BCUT2D eigenvalue weighted by molar-refractivity contribution is -0.147. The van der Waals surface area contributed by atoms with Crippen LogP contribution in [-0.4, -0.2) is 43.3 Å². The molecule has 1 atom stereocenters. The summed E-state index contributed by atoms with van der Waals surface area (Å²) >= 11 is 16.4. The number of esters is 1. The molecule has 0 bridgehead atoms. The maximum absolute atomic E-state index is 11.9. The Labute approximate surface area is 173 Å². The van der Waals surface area contributed by atoms with Crippen LogP contribution in [0.5, 0.6) is 0 Å². The number of rotatable bonds is 9. The largest absolute Gasteiger partial charge is 0.464 e. The summed E-state index contributed by atoms with van der Waals surface area (Å²) in [6, 6.07) is 5.61. The fourth-order valence-corrected chi connectivity index (χ4v) is 3.49. The SMILES string of the molecule is CCOC(=O)[C@H](Cc1ccc(CS(=O)(=O)OCC(Cl)(Cl)Cl)cc1)NC(C)=O. The number of halogens is 3. The van der Waals surface area contributed by atoms with E-state index < -0.39 is 38.3 Å². The van der Waals surface area contributed by atoms with Gasteiger partial charge in [-0.3, -0.25) is 8.98 Å². The molecule has 0 heterocycles. The highest BCUT2D eigenvalue weighted by Gasteiger charge is 2.25. The Balaban J connectivity index is 2.76. The van der Waals surface area contributed by atoms with Crippen molar-refractivity contribution in [2.45, 2.75) is 35.9 Å². The van der Waals surface area contributed by atoms with Crippen LogP contribution in [0, 0.1) is 0 Å². The first-order valence-corrected chi connectivity index (χ1v) is 10.6. The zero-order valence-electron chi connectivity index (χ0n) is 14.7. The van der Waals surface area contributed by atoms with E-state index in [4.69, 9.17) is 39.5 Å². The van der Waals surface area contributed by atoms with Crippen molar-refractivity contribution in [3.05, 3.63) is 35.4 Å². The van der Waals surface area contributed by atoms with Crippen molar-refractivity contribution < 1.29 is 26.9 Å². The van der Waals surface area contributed by atoms with Gasteiger partial charge in [0.25, 0.3) is 10.1 Å². The van der Waals surface area contributed by atoms with Crippen molar-refractivity contribution >= 4 is 56.8 Å². The van der Waals surface area contributed by atoms with Gasteiger partial charge < -0.3 is 10.1 Å². The lowest BCUT2D eigenvalue weighted by Gasteiger charge is -2.16. The number of ether oxygens (including phenoxy) is 1. The molecule has 27 heavy (non-hydrogen) atoms. The summed E-state index contributed by atoms with van der Waals surface area (Å²) in [6.07, 6.45) is 0.204. The van der Waals surface area contributed by atoms with E-state index in [0.717, 1.165) is 0 Å². The minimum absolute atomic E-state index is 0.194. The van der Waals surface area contributed by atoms with E-state index in [1.54, 1.807) is 31.2 Å². The van der Waals surface area contributed by atoms with Gasteiger partial charge in [0.1, 0.15) is 18.4 Å². The minimum Gasteiger partial charge on any atom is -0.464 e. The smallest absolute Gasteiger partial charge is 0.328 e. The average Bonchev–Trinajstić information content (AvgIpc) is 2.53. The summed E-state index contributed by atoms with van der Waals surface area (Å²) < 4.78 is 31.5. The first-order chi connectivity index (χ1) is 12.4. The molecule has 0 aromatic heterocycles. The predicted octanol–water partition coefficient (Wildman–Crippen LogP) is 2.51. The van der Waals surface area contributed by atoms with Gasteiger partial charge in [0.15, 0.2) is 0 Å². The number of nitrogens with one attached hydrogen (secondary N) is 1. The van der Waals surface area contributed by atoms with Crippen LogP contribution in [0.2, 0.25) is 0 Å². The number of carbonyl (C=O) groups is 2. The molecule has 0 aliphatic heterocycles. The average molecular weight is 461 g/mol. The third-order valence-corrected chi connectivity index (χ3v) is 4.65. The van der Waals surface area contributed by atoms with Crippen LogP contribution in [0.4, 0.5) is 0 Å². The molecule has 1 rings (SSSR count). The minimum atomic E-state index is -3.92. The van der Waals surface area contributed by atoms with Gasteiger partial charge in [-0.2, -0.15) is 8.42 Å². The van der Waals surface area contributed by atoms with Crippen molar-refractivity contribution in [2.75, 3.05) is 13.2 Å². The molecule has 0 saturated heterocycles. The van der Waals surface area contributed by atoms with Crippen molar-refractivity contribution in [1.82, 2.24) is 5.32 Å². The number of hydrogen-bond acceptors (Lipinski definition) is 6. The lowest BCUT2D eigenvalue weighted by atomic mass is 10.0. The molecule has 0 aliphatic carbocycles. The normalized spacial score (nSPS) is 13.1. The summed E-state index contributed by atoms with van der Waals surface area (Å²) in [5.41, 5.74) is 1.17. The molecule has 1 aromatic carbocycles. The number of amides is 1. The fourth-order valence-electron chi connectivity index (χ4n) is 2.09. The number of carbonyl (C=O) groups excluding carboxylic acids is 2. The highest BCUT2D eigenvalue weighted by molar-refractivity contribution is 7.85. The van der Waals surface area contributed by atoms with Gasteiger partial charge >= 0.3 is 5.97 Å². The zero-order valence-corrected chi connectivity index (χ0v) is 17.8. The van der Waals surface area contributed by atoms with Crippen LogP contribution >= 0.6 is 34.8 Å². The van der Waals surface area contributed by atoms with E-state index in [1.165, 1.54) is 6.92 Å². The molecule has 1 amide bonds. The highest BCUT2D eigenvalue weighted by Crippen LogP contribution is 2.27. The van der Waals surface area contributed by atoms with Crippen LogP contribution < -0.4 is 5.32 Å². The molecule has 1 aromatic rings. The van der Waals surface area contributed by atoms with Crippen LogP contribution in [0.3, 0.4) is 0 Å². The fraction of sp³-hybridized carbons (Fsp3) is 0.500. The lowest BCUT2D eigenvalue weighted by Crippen LogP contribution is -2.42. The summed E-state index contributed by atoms with van der Waals surface area (Å²) in [7, 11) is -3.92. The molecule has 1 N–H and O–H groups in total. The topological polar surface area (TPSA) is 98.8 Å². The van der Waals surface area contributed by atoms with Gasteiger partial charge in [-0.15, -0.1) is 0 Å². The molecular weight excluding hydrogens is 441 g/mol. The standard InChI is InChI=1S/C16H20Cl3NO6S/c1-3-25-15(22)14(20-11(2)21)8-12-4-6-13(7-5-12)9-27(23,24)26-10-16(17,18)19/h4-7,14H,3,8-10H2,1-2H3,(H,20,21)/t14-/m0/s1. The molecule has 0 fully saturated rings. The van der Waals surface area contributed by atoms with Crippen LogP contribution in [0.25, 0.3) is 0 Å². The summed E-state index contributed by atoms with van der Waals surface area (Å²) in [5, 5.41) is 2.53. The summed E-state index contributed by atoms with van der Waals surface area (Å²) in [4.78, 5) is 23.2. The Morgan fingerprint density at radius 3 is 2.19 bits per heavy atom. The zero-order chi connectivity index (χ0) is 20.7. The maximum atomic E-state index is 11.9. The Hall–Kier alpha value is -1.06. The van der Waals surface area contributed by atoms with E-state index in [0.29, 0.717) is 11.1 Å². The molecule has 0 aliphatic rings. The second-order valence-corrected chi connectivity index (χ2v) is 9.76. The third kappa shape index (κ3) is 10.2. The Morgan fingerprint density at radius 2 is 1.70 bits per heavy atom. The summed E-state index contributed by atoms with van der Waals surface area (Å²) in [6.45, 7) is 2.58. The van der Waals surface area contributed by atoms with E-state index in [-0.39, 0.29) is 18.9 Å².